The Bertz CT molecular complexity index is 515. The molecule has 4 nitrogen and oxygen atoms in total. The summed E-state index contributed by atoms with van der Waals surface area (Å²) in [5, 5.41) is 11.2. The van der Waals surface area contributed by atoms with E-state index in [0.717, 1.165) is 24.9 Å². The second kappa shape index (κ2) is 5.49. The molecule has 7 heteroatoms. The molecule has 0 saturated heterocycles. The Morgan fingerprint density at radius 2 is 1.88 bits per heavy atom. The second-order valence-electron chi connectivity index (χ2n) is 3.46. The Labute approximate surface area is 124 Å². The Balaban J connectivity index is 2.17. The van der Waals surface area contributed by atoms with Gasteiger partial charge in [0, 0.05) is 20.5 Å². The van der Waals surface area contributed by atoms with E-state index >= 15 is 0 Å². The van der Waals surface area contributed by atoms with E-state index in [2.05, 4.69) is 63.3 Å². The van der Waals surface area contributed by atoms with Crippen molar-refractivity contribution in [3.8, 4) is 0 Å². The van der Waals surface area contributed by atoms with E-state index in [1.54, 1.807) is 6.33 Å². The molecule has 1 N–H and O–H groups in total. The van der Waals surface area contributed by atoms with Crippen LogP contribution in [0.25, 0.3) is 0 Å². The number of aryl methyl sites for hydroxylation is 1. The van der Waals surface area contributed by atoms with Crippen molar-refractivity contribution in [2.75, 3.05) is 5.32 Å². The van der Waals surface area contributed by atoms with E-state index in [9.17, 15) is 0 Å². The predicted octanol–water partition coefficient (Wildman–Crippen LogP) is 3.71. The largest absolute Gasteiger partial charge is 0.376 e. The number of aromatic nitrogens is 3. The predicted molar refractivity (Wildman–Crippen MR) is 77.9 cm³/mol. The molecule has 2 rings (SSSR count). The van der Waals surface area contributed by atoms with E-state index < -0.39 is 0 Å². The third kappa shape index (κ3) is 3.08. The van der Waals surface area contributed by atoms with Gasteiger partial charge in [0.1, 0.15) is 6.33 Å². The van der Waals surface area contributed by atoms with Crippen molar-refractivity contribution >= 4 is 53.5 Å². The van der Waals surface area contributed by atoms with Crippen LogP contribution in [0.15, 0.2) is 31.9 Å². The van der Waals surface area contributed by atoms with Gasteiger partial charge in [-0.1, -0.05) is 15.9 Å². The lowest BCUT2D eigenvalue weighted by Crippen LogP contribution is -2.06. The van der Waals surface area contributed by atoms with Crippen molar-refractivity contribution < 1.29 is 0 Å². The molecule has 0 fully saturated rings. The fraction of sp³-hybridized carbons (Fsp3) is 0.200. The summed E-state index contributed by atoms with van der Waals surface area (Å²) in [5.41, 5.74) is 0.996. The molecule has 1 heterocycles. The summed E-state index contributed by atoms with van der Waals surface area (Å²) in [5.74, 6) is 0.881. The van der Waals surface area contributed by atoms with Gasteiger partial charge in [-0.15, -0.1) is 10.2 Å². The summed E-state index contributed by atoms with van der Waals surface area (Å²) in [7, 11) is 1.92. The zero-order valence-corrected chi connectivity index (χ0v) is 13.7. The van der Waals surface area contributed by atoms with Crippen molar-refractivity contribution in [1.82, 2.24) is 14.8 Å². The molecule has 0 aliphatic heterocycles. The molecule has 0 saturated carbocycles. The lowest BCUT2D eigenvalue weighted by Gasteiger charge is -2.10. The van der Waals surface area contributed by atoms with Crippen molar-refractivity contribution in [2.24, 2.45) is 7.05 Å². The van der Waals surface area contributed by atoms with Crippen LogP contribution in [0, 0.1) is 0 Å². The van der Waals surface area contributed by atoms with Gasteiger partial charge in [0.15, 0.2) is 5.82 Å². The van der Waals surface area contributed by atoms with Crippen LogP contribution in [0.3, 0.4) is 0 Å². The highest BCUT2D eigenvalue weighted by Crippen LogP contribution is 2.34. The third-order valence-corrected chi connectivity index (χ3v) is 3.94. The Kier molecular flexibility index (Phi) is 4.22. The number of rotatable bonds is 3. The van der Waals surface area contributed by atoms with Crippen LogP contribution in [0.2, 0.25) is 0 Å². The molecule has 0 atom stereocenters. The van der Waals surface area contributed by atoms with Crippen LogP contribution in [-0.4, -0.2) is 14.8 Å². The van der Waals surface area contributed by atoms with Gasteiger partial charge in [0.2, 0.25) is 0 Å². The van der Waals surface area contributed by atoms with E-state index in [1.807, 2.05) is 23.7 Å². The number of hydrogen-bond donors (Lipinski definition) is 1. The molecular formula is C10H9Br3N4. The summed E-state index contributed by atoms with van der Waals surface area (Å²) >= 11 is 10.5. The molecule has 17 heavy (non-hydrogen) atoms. The molecule has 0 aliphatic rings. The van der Waals surface area contributed by atoms with E-state index in [0.29, 0.717) is 6.54 Å². The lowest BCUT2D eigenvalue weighted by atomic mass is 10.3. The number of halogens is 3. The van der Waals surface area contributed by atoms with E-state index in [4.69, 9.17) is 0 Å². The first-order valence-corrected chi connectivity index (χ1v) is 7.17. The van der Waals surface area contributed by atoms with Crippen molar-refractivity contribution in [1.29, 1.82) is 0 Å². The molecule has 0 radical (unpaired) electrons. The van der Waals surface area contributed by atoms with Crippen molar-refractivity contribution in [3.63, 3.8) is 0 Å². The molecule has 2 aromatic rings. The standard InChI is InChI=1S/C10H9Br3N4/c1-17-5-15-16-9(17)4-14-10-7(12)2-6(11)3-8(10)13/h2-3,5,14H,4H2,1H3. The highest BCUT2D eigenvalue weighted by atomic mass is 79.9. The number of nitrogens with one attached hydrogen (secondary N) is 1. The third-order valence-electron chi connectivity index (χ3n) is 2.24. The molecule has 1 aromatic heterocycles. The number of benzene rings is 1. The summed E-state index contributed by atoms with van der Waals surface area (Å²) < 4.78 is 4.87. The van der Waals surface area contributed by atoms with Gasteiger partial charge in [0.25, 0.3) is 0 Å². The number of anilines is 1. The monoisotopic (exact) mass is 422 g/mol. The minimum atomic E-state index is 0.620. The SMILES string of the molecule is Cn1cnnc1CNc1c(Br)cc(Br)cc1Br. The summed E-state index contributed by atoms with van der Waals surface area (Å²) in [6.45, 7) is 0.620. The van der Waals surface area contributed by atoms with Gasteiger partial charge >= 0.3 is 0 Å². The smallest absolute Gasteiger partial charge is 0.151 e. The van der Waals surface area contributed by atoms with E-state index in [-0.39, 0.29) is 0 Å². The van der Waals surface area contributed by atoms with Gasteiger partial charge in [-0.3, -0.25) is 0 Å². The van der Waals surface area contributed by atoms with E-state index in [1.165, 1.54) is 0 Å². The molecule has 0 bridgehead atoms. The van der Waals surface area contributed by atoms with Gasteiger partial charge in [-0.25, -0.2) is 0 Å². The van der Waals surface area contributed by atoms with Crippen molar-refractivity contribution in [2.45, 2.75) is 6.54 Å². The summed E-state index contributed by atoms with van der Waals surface area (Å²) in [4.78, 5) is 0. The van der Waals surface area contributed by atoms with Crippen LogP contribution in [0.4, 0.5) is 5.69 Å². The molecule has 0 aliphatic carbocycles. The van der Waals surface area contributed by atoms with Gasteiger partial charge < -0.3 is 9.88 Å². The maximum Gasteiger partial charge on any atom is 0.151 e. The normalized spacial score (nSPS) is 10.6. The fourth-order valence-corrected chi connectivity index (χ4v) is 3.88. The second-order valence-corrected chi connectivity index (χ2v) is 6.08. The summed E-state index contributed by atoms with van der Waals surface area (Å²) in [6.07, 6.45) is 1.68. The Morgan fingerprint density at radius 1 is 1.24 bits per heavy atom. The summed E-state index contributed by atoms with van der Waals surface area (Å²) in [6, 6.07) is 3.98. The number of nitrogens with zero attached hydrogens (tertiary/aromatic N) is 3. The zero-order chi connectivity index (χ0) is 12.4. The molecule has 0 amide bonds. The first-order chi connectivity index (χ1) is 8.08. The molecule has 0 spiro atoms. The van der Waals surface area contributed by atoms with Gasteiger partial charge in [-0.05, 0) is 44.0 Å². The zero-order valence-electron chi connectivity index (χ0n) is 8.91. The molecule has 1 aromatic carbocycles. The fourth-order valence-electron chi connectivity index (χ4n) is 1.35. The maximum atomic E-state index is 4.02. The lowest BCUT2D eigenvalue weighted by molar-refractivity contribution is 0.812. The van der Waals surface area contributed by atoms with Crippen LogP contribution in [-0.2, 0) is 13.6 Å². The van der Waals surface area contributed by atoms with Crippen LogP contribution >= 0.6 is 47.8 Å². The molecule has 0 unspecified atom stereocenters. The van der Waals surface area contributed by atoms with Crippen LogP contribution in [0.1, 0.15) is 5.82 Å². The van der Waals surface area contributed by atoms with Gasteiger partial charge in [0.05, 0.1) is 12.2 Å². The van der Waals surface area contributed by atoms with Crippen LogP contribution < -0.4 is 5.32 Å². The average molecular weight is 425 g/mol. The minimum Gasteiger partial charge on any atom is -0.376 e. The van der Waals surface area contributed by atoms with Crippen LogP contribution in [0.5, 0.6) is 0 Å². The van der Waals surface area contributed by atoms with Gasteiger partial charge in [-0.2, -0.15) is 0 Å². The van der Waals surface area contributed by atoms with Crippen molar-refractivity contribution in [3.05, 3.63) is 37.7 Å². The highest BCUT2D eigenvalue weighted by Gasteiger charge is 2.08. The molecule has 90 valence electrons. The average Bonchev–Trinajstić information content (AvgIpc) is 2.62. The first kappa shape index (κ1) is 13.0. The minimum absolute atomic E-state index is 0.620. The topological polar surface area (TPSA) is 42.7 Å². The highest BCUT2D eigenvalue weighted by molar-refractivity contribution is 9.11. The quantitative estimate of drug-likeness (QED) is 0.816. The molecular weight excluding hydrogens is 416 g/mol. The Morgan fingerprint density at radius 3 is 2.41 bits per heavy atom. The maximum absolute atomic E-state index is 4.02. The Hall–Kier alpha value is -0.400. The number of hydrogen-bond acceptors (Lipinski definition) is 3. The first-order valence-electron chi connectivity index (χ1n) is 4.79.